The van der Waals surface area contributed by atoms with Crippen molar-refractivity contribution >= 4 is 22.6 Å². The van der Waals surface area contributed by atoms with Gasteiger partial charge in [0.2, 0.25) is 0 Å². The number of hydrogen-bond donors (Lipinski definition) is 1. The highest BCUT2D eigenvalue weighted by Crippen LogP contribution is 2.34. The Morgan fingerprint density at radius 2 is 1.59 bits per heavy atom. The minimum absolute atomic E-state index is 0.0573. The zero-order valence-electron chi connectivity index (χ0n) is 16.2. The molecule has 29 heavy (non-hydrogen) atoms. The molecule has 0 bridgehead atoms. The van der Waals surface area contributed by atoms with Crippen LogP contribution in [0.3, 0.4) is 0 Å². The van der Waals surface area contributed by atoms with Crippen LogP contribution >= 0.6 is 0 Å². The summed E-state index contributed by atoms with van der Waals surface area (Å²) in [4.78, 5) is 19.8. The summed E-state index contributed by atoms with van der Waals surface area (Å²) >= 11 is 0. The summed E-state index contributed by atoms with van der Waals surface area (Å²) in [6.45, 7) is 1.36. The lowest BCUT2D eigenvalue weighted by atomic mass is 9.85. The fraction of sp³-hybridized carbons (Fsp3) is 0.120. The first kappa shape index (κ1) is 18.7. The van der Waals surface area contributed by atoms with Gasteiger partial charge in [0.15, 0.2) is 0 Å². The van der Waals surface area contributed by atoms with Crippen LogP contribution < -0.4 is 0 Å². The van der Waals surface area contributed by atoms with Gasteiger partial charge in [-0.3, -0.25) is 0 Å². The van der Waals surface area contributed by atoms with Crippen molar-refractivity contribution in [2.45, 2.75) is 19.3 Å². The standard InChI is InChI=1S/C25H22N2O2/c1-18(28)29-27-25(20-12-6-3-7-13-20)16-22(19-10-4-2-5-11-19)23-17-26-24-15-9-8-14-21(23)24/h2-15,17,22,26H,16H2,1H3/b27-25-. The highest BCUT2D eigenvalue weighted by molar-refractivity contribution is 6.01. The van der Waals surface area contributed by atoms with E-state index in [-0.39, 0.29) is 5.92 Å². The van der Waals surface area contributed by atoms with Crippen molar-refractivity contribution < 1.29 is 9.63 Å². The van der Waals surface area contributed by atoms with Crippen LogP contribution in [-0.2, 0) is 9.63 Å². The number of nitrogens with one attached hydrogen (secondary N) is 1. The molecule has 1 heterocycles. The number of carbonyl (C=O) groups is 1. The molecule has 0 saturated carbocycles. The van der Waals surface area contributed by atoms with Gasteiger partial charge in [0.05, 0.1) is 5.71 Å². The third kappa shape index (κ3) is 4.27. The molecule has 4 rings (SSSR count). The summed E-state index contributed by atoms with van der Waals surface area (Å²) < 4.78 is 0. The molecular weight excluding hydrogens is 360 g/mol. The van der Waals surface area contributed by atoms with E-state index in [9.17, 15) is 4.79 Å². The molecular formula is C25H22N2O2. The Morgan fingerprint density at radius 3 is 2.31 bits per heavy atom. The van der Waals surface area contributed by atoms with Crippen LogP contribution in [0.1, 0.15) is 36.0 Å². The van der Waals surface area contributed by atoms with E-state index in [4.69, 9.17) is 4.84 Å². The number of para-hydroxylation sites is 1. The summed E-state index contributed by atoms with van der Waals surface area (Å²) in [7, 11) is 0. The molecule has 0 aliphatic heterocycles. The second-order valence-electron chi connectivity index (χ2n) is 6.94. The molecule has 4 aromatic rings. The van der Waals surface area contributed by atoms with Crippen LogP contribution in [0.2, 0.25) is 0 Å². The number of nitrogens with zero attached hydrogens (tertiary/aromatic N) is 1. The van der Waals surface area contributed by atoms with Crippen molar-refractivity contribution in [3.63, 3.8) is 0 Å². The van der Waals surface area contributed by atoms with E-state index in [1.165, 1.54) is 23.4 Å². The zero-order valence-corrected chi connectivity index (χ0v) is 16.2. The van der Waals surface area contributed by atoms with E-state index >= 15 is 0 Å². The van der Waals surface area contributed by atoms with Gasteiger partial charge in [0.1, 0.15) is 0 Å². The second kappa shape index (κ2) is 8.57. The first-order valence-corrected chi connectivity index (χ1v) is 9.63. The lowest BCUT2D eigenvalue weighted by molar-refractivity contribution is -0.140. The van der Waals surface area contributed by atoms with Crippen molar-refractivity contribution in [3.8, 4) is 0 Å². The lowest BCUT2D eigenvalue weighted by Gasteiger charge is -2.18. The number of hydrogen-bond acceptors (Lipinski definition) is 3. The average Bonchev–Trinajstić information content (AvgIpc) is 3.19. The molecule has 0 fully saturated rings. The summed E-state index contributed by atoms with van der Waals surface area (Å²) in [5, 5.41) is 5.39. The van der Waals surface area contributed by atoms with Gasteiger partial charge in [-0.05, 0) is 22.8 Å². The number of rotatable bonds is 6. The molecule has 144 valence electrons. The maximum Gasteiger partial charge on any atom is 0.331 e. The van der Waals surface area contributed by atoms with Crippen LogP contribution in [-0.4, -0.2) is 16.7 Å². The minimum Gasteiger partial charge on any atom is -0.361 e. The van der Waals surface area contributed by atoms with Gasteiger partial charge in [0, 0.05) is 36.4 Å². The summed E-state index contributed by atoms with van der Waals surface area (Å²) in [5.41, 5.74) is 5.15. The van der Waals surface area contributed by atoms with E-state index in [2.05, 4.69) is 40.6 Å². The van der Waals surface area contributed by atoms with Crippen molar-refractivity contribution in [2.75, 3.05) is 0 Å². The Bertz CT molecular complexity index is 1130. The Balaban J connectivity index is 1.80. The highest BCUT2D eigenvalue weighted by atomic mass is 16.7. The van der Waals surface area contributed by atoms with Gasteiger partial charge >= 0.3 is 5.97 Å². The predicted octanol–water partition coefficient (Wildman–Crippen LogP) is 5.66. The Kier molecular flexibility index (Phi) is 5.52. The topological polar surface area (TPSA) is 54.4 Å². The van der Waals surface area contributed by atoms with E-state index in [0.29, 0.717) is 6.42 Å². The Morgan fingerprint density at radius 1 is 0.931 bits per heavy atom. The van der Waals surface area contributed by atoms with E-state index in [0.717, 1.165) is 16.8 Å². The van der Waals surface area contributed by atoms with Crippen molar-refractivity contribution in [2.24, 2.45) is 5.16 Å². The molecule has 4 nitrogen and oxygen atoms in total. The van der Waals surface area contributed by atoms with Gasteiger partial charge in [0.25, 0.3) is 0 Å². The van der Waals surface area contributed by atoms with E-state index in [1.807, 2.05) is 60.7 Å². The molecule has 0 amide bonds. The summed E-state index contributed by atoms with van der Waals surface area (Å²) in [5.74, 6) is -0.372. The number of carbonyl (C=O) groups excluding carboxylic acids is 1. The van der Waals surface area contributed by atoms with Crippen LogP contribution in [0.5, 0.6) is 0 Å². The third-order valence-electron chi connectivity index (χ3n) is 4.99. The molecule has 1 unspecified atom stereocenters. The largest absolute Gasteiger partial charge is 0.361 e. The van der Waals surface area contributed by atoms with Crippen molar-refractivity contribution in [1.82, 2.24) is 4.98 Å². The van der Waals surface area contributed by atoms with Gasteiger partial charge in [-0.25, -0.2) is 4.79 Å². The molecule has 0 radical (unpaired) electrons. The monoisotopic (exact) mass is 382 g/mol. The maximum absolute atomic E-state index is 11.4. The normalized spacial score (nSPS) is 12.7. The second-order valence-corrected chi connectivity index (χ2v) is 6.94. The molecule has 0 spiro atoms. The third-order valence-corrected chi connectivity index (χ3v) is 4.99. The zero-order chi connectivity index (χ0) is 20.1. The van der Waals surface area contributed by atoms with Gasteiger partial charge < -0.3 is 9.82 Å². The molecule has 4 heteroatoms. The minimum atomic E-state index is -0.429. The fourth-order valence-electron chi connectivity index (χ4n) is 3.63. The van der Waals surface area contributed by atoms with Crippen LogP contribution in [0.15, 0.2) is 96.3 Å². The van der Waals surface area contributed by atoms with Crippen molar-refractivity contribution in [1.29, 1.82) is 0 Å². The number of benzene rings is 3. The van der Waals surface area contributed by atoms with Gasteiger partial charge in [-0.15, -0.1) is 0 Å². The van der Waals surface area contributed by atoms with Gasteiger partial charge in [-0.2, -0.15) is 0 Å². The fourth-order valence-corrected chi connectivity index (χ4v) is 3.63. The lowest BCUT2D eigenvalue weighted by Crippen LogP contribution is -2.11. The molecule has 1 aromatic heterocycles. The van der Waals surface area contributed by atoms with Crippen molar-refractivity contribution in [3.05, 3.63) is 108 Å². The predicted molar refractivity (Wildman–Crippen MR) is 116 cm³/mol. The number of aromatic amines is 1. The summed E-state index contributed by atoms with van der Waals surface area (Å²) in [6.07, 6.45) is 2.67. The SMILES string of the molecule is CC(=O)O/N=C(/CC(c1ccccc1)c1c[nH]c2ccccc12)c1ccccc1. The van der Waals surface area contributed by atoms with E-state index < -0.39 is 5.97 Å². The maximum atomic E-state index is 11.4. The van der Waals surface area contributed by atoms with Crippen LogP contribution in [0.25, 0.3) is 10.9 Å². The summed E-state index contributed by atoms with van der Waals surface area (Å²) in [6, 6.07) is 28.5. The highest BCUT2D eigenvalue weighted by Gasteiger charge is 2.21. The van der Waals surface area contributed by atoms with E-state index in [1.54, 1.807) is 0 Å². The van der Waals surface area contributed by atoms with Gasteiger partial charge in [-0.1, -0.05) is 84.0 Å². The quantitative estimate of drug-likeness (QED) is 0.266. The number of fused-ring (bicyclic) bond motifs is 1. The number of oxime groups is 1. The smallest absolute Gasteiger partial charge is 0.331 e. The molecule has 0 saturated heterocycles. The average molecular weight is 382 g/mol. The van der Waals surface area contributed by atoms with Crippen LogP contribution in [0, 0.1) is 0 Å². The molecule has 1 atom stereocenters. The van der Waals surface area contributed by atoms with Crippen LogP contribution in [0.4, 0.5) is 0 Å². The Hall–Kier alpha value is -3.66. The molecule has 3 aromatic carbocycles. The Labute approximate surface area is 169 Å². The number of aromatic nitrogens is 1. The number of H-pyrrole nitrogens is 1. The molecule has 0 aliphatic carbocycles. The molecule has 0 aliphatic rings. The first-order chi connectivity index (χ1) is 14.2. The molecule has 1 N–H and O–H groups in total. The first-order valence-electron chi connectivity index (χ1n) is 9.63.